The highest BCUT2D eigenvalue weighted by molar-refractivity contribution is 5.94. The van der Waals surface area contributed by atoms with Gasteiger partial charge in [-0.05, 0) is 48.6 Å². The number of alkyl halides is 2. The number of piperidine rings is 1. The summed E-state index contributed by atoms with van der Waals surface area (Å²) in [6.45, 7) is 7.59. The highest BCUT2D eigenvalue weighted by atomic mass is 19.3. The van der Waals surface area contributed by atoms with E-state index in [0.717, 1.165) is 20.0 Å². The Morgan fingerprint density at radius 1 is 1.19 bits per heavy atom. The van der Waals surface area contributed by atoms with Crippen molar-refractivity contribution >= 4 is 17.4 Å². The molecule has 0 bridgehead atoms. The Kier molecular flexibility index (Phi) is 5.97. The summed E-state index contributed by atoms with van der Waals surface area (Å²) in [4.78, 5) is 27.5. The maximum atomic E-state index is 13.5. The lowest BCUT2D eigenvalue weighted by Crippen LogP contribution is -2.41. The second kappa shape index (κ2) is 8.27. The van der Waals surface area contributed by atoms with Crippen molar-refractivity contribution < 1.29 is 18.4 Å². The quantitative estimate of drug-likeness (QED) is 0.642. The van der Waals surface area contributed by atoms with Gasteiger partial charge in [0.15, 0.2) is 0 Å². The molecule has 1 aromatic carbocycles. The van der Waals surface area contributed by atoms with Crippen LogP contribution < -0.4 is 5.32 Å². The predicted octanol–water partition coefficient (Wildman–Crippen LogP) is 5.23. The first-order chi connectivity index (χ1) is 14.5. The van der Waals surface area contributed by atoms with Crippen molar-refractivity contribution in [1.29, 1.82) is 0 Å². The largest absolute Gasteiger partial charge is 0.326 e. The van der Waals surface area contributed by atoms with Gasteiger partial charge in [0, 0.05) is 56.1 Å². The number of nitrogens with one attached hydrogen (secondary N) is 1. The van der Waals surface area contributed by atoms with Gasteiger partial charge in [0.1, 0.15) is 5.78 Å². The SMILES string of the molecule is CC1(C)CCCC(N2C[C@@H]3C(C(=O)CCC(=O)Nc4cccc(C(C)(F)F)c4)[C@@H]3C2)C1. The molecule has 31 heavy (non-hydrogen) atoms. The molecule has 1 N–H and O–H groups in total. The Bertz CT molecular complexity index is 836. The summed E-state index contributed by atoms with van der Waals surface area (Å²) in [5.41, 5.74) is 0.620. The molecule has 2 unspecified atom stereocenters. The normalized spacial score (nSPS) is 30.0. The molecule has 2 saturated carbocycles. The third-order valence-corrected chi connectivity index (χ3v) is 7.54. The van der Waals surface area contributed by atoms with Gasteiger partial charge in [-0.15, -0.1) is 0 Å². The molecular weight excluding hydrogens is 398 g/mol. The van der Waals surface area contributed by atoms with Gasteiger partial charge in [-0.25, -0.2) is 8.78 Å². The molecule has 0 aromatic heterocycles. The zero-order valence-corrected chi connectivity index (χ0v) is 18.8. The first-order valence-electron chi connectivity index (χ1n) is 11.6. The van der Waals surface area contributed by atoms with Crippen molar-refractivity contribution in [3.05, 3.63) is 29.8 Å². The third-order valence-electron chi connectivity index (χ3n) is 7.54. The monoisotopic (exact) mass is 432 g/mol. The minimum absolute atomic E-state index is 0.0993. The molecule has 3 fully saturated rings. The number of fused-ring (bicyclic) bond motifs is 1. The van der Waals surface area contributed by atoms with E-state index in [1.807, 2.05) is 0 Å². The maximum Gasteiger partial charge on any atom is 0.270 e. The number of carbonyl (C=O) groups is 2. The number of Topliss-reactive ketones (excluding diaryl/α,β-unsaturated/α-hetero) is 1. The molecule has 2 aliphatic carbocycles. The van der Waals surface area contributed by atoms with Crippen molar-refractivity contribution in [3.63, 3.8) is 0 Å². The smallest absolute Gasteiger partial charge is 0.270 e. The van der Waals surface area contributed by atoms with Gasteiger partial charge in [0.2, 0.25) is 5.91 Å². The van der Waals surface area contributed by atoms with Gasteiger partial charge < -0.3 is 5.32 Å². The summed E-state index contributed by atoms with van der Waals surface area (Å²) in [5.74, 6) is -2.04. The van der Waals surface area contributed by atoms with Gasteiger partial charge in [-0.2, -0.15) is 0 Å². The van der Waals surface area contributed by atoms with Crippen LogP contribution in [0.3, 0.4) is 0 Å². The molecule has 1 aromatic rings. The molecule has 4 atom stereocenters. The number of benzene rings is 1. The van der Waals surface area contributed by atoms with Gasteiger partial charge in [-0.1, -0.05) is 32.4 Å². The average Bonchev–Trinajstić information content (AvgIpc) is 3.18. The van der Waals surface area contributed by atoms with Crippen molar-refractivity contribution in [2.75, 3.05) is 18.4 Å². The van der Waals surface area contributed by atoms with E-state index in [-0.39, 0.29) is 36.0 Å². The highest BCUT2D eigenvalue weighted by Gasteiger charge is 2.59. The number of carbonyl (C=O) groups excluding carboxylic acids is 2. The van der Waals surface area contributed by atoms with Crippen LogP contribution in [0, 0.1) is 23.2 Å². The Morgan fingerprint density at radius 3 is 2.55 bits per heavy atom. The van der Waals surface area contributed by atoms with Gasteiger partial charge >= 0.3 is 0 Å². The molecule has 4 rings (SSSR count). The minimum Gasteiger partial charge on any atom is -0.326 e. The fraction of sp³-hybridized carbons (Fsp3) is 0.680. The number of likely N-dealkylation sites (tertiary alicyclic amines) is 1. The van der Waals surface area contributed by atoms with E-state index in [2.05, 4.69) is 24.1 Å². The van der Waals surface area contributed by atoms with Gasteiger partial charge in [0.05, 0.1) is 0 Å². The van der Waals surface area contributed by atoms with E-state index in [1.165, 1.54) is 43.9 Å². The summed E-state index contributed by atoms with van der Waals surface area (Å²) in [7, 11) is 0. The molecule has 3 aliphatic rings. The van der Waals surface area contributed by atoms with E-state index in [0.29, 0.717) is 29.0 Å². The number of nitrogens with zero attached hydrogens (tertiary/aromatic N) is 1. The lowest BCUT2D eigenvalue weighted by molar-refractivity contribution is -0.124. The second-order valence-corrected chi connectivity index (χ2v) is 10.7. The maximum absolute atomic E-state index is 13.5. The van der Waals surface area contributed by atoms with Crippen LogP contribution in [0.25, 0.3) is 0 Å². The van der Waals surface area contributed by atoms with Crippen LogP contribution in [0.4, 0.5) is 14.5 Å². The van der Waals surface area contributed by atoms with Crippen molar-refractivity contribution in [3.8, 4) is 0 Å². The topological polar surface area (TPSA) is 49.4 Å². The fourth-order valence-corrected chi connectivity index (χ4v) is 5.80. The number of ketones is 1. The molecule has 1 saturated heterocycles. The number of halogens is 2. The first-order valence-corrected chi connectivity index (χ1v) is 11.6. The standard InChI is InChI=1S/C25H34F2N2O2/c1-24(2)11-5-8-18(13-24)29-14-19-20(15-29)23(19)21(30)9-10-22(31)28-17-7-4-6-16(12-17)25(3,26)27/h4,6-7,12,18-20,23H,5,8-11,13-15H2,1-3H3,(H,28,31)/t18?,19-,20+,23?. The molecule has 1 heterocycles. The molecule has 1 amide bonds. The Morgan fingerprint density at radius 2 is 1.90 bits per heavy atom. The Hall–Kier alpha value is -1.82. The molecule has 0 radical (unpaired) electrons. The van der Waals surface area contributed by atoms with Crippen LogP contribution in [0.15, 0.2) is 24.3 Å². The number of anilines is 1. The minimum atomic E-state index is -2.96. The number of rotatable bonds is 7. The van der Waals surface area contributed by atoms with Crippen LogP contribution in [-0.4, -0.2) is 35.7 Å². The average molecular weight is 433 g/mol. The molecule has 4 nitrogen and oxygen atoms in total. The second-order valence-electron chi connectivity index (χ2n) is 10.7. The van der Waals surface area contributed by atoms with Gasteiger partial charge in [0.25, 0.3) is 5.92 Å². The number of hydrogen-bond donors (Lipinski definition) is 1. The van der Waals surface area contributed by atoms with E-state index in [4.69, 9.17) is 0 Å². The molecule has 0 spiro atoms. The highest BCUT2D eigenvalue weighted by Crippen LogP contribution is 2.54. The number of amides is 1. The van der Waals surface area contributed by atoms with E-state index < -0.39 is 5.92 Å². The third kappa shape index (κ3) is 5.16. The van der Waals surface area contributed by atoms with Crippen LogP contribution in [-0.2, 0) is 15.5 Å². The summed E-state index contributed by atoms with van der Waals surface area (Å²) < 4.78 is 26.9. The lowest BCUT2D eigenvalue weighted by Gasteiger charge is -2.40. The van der Waals surface area contributed by atoms with Crippen LogP contribution in [0.5, 0.6) is 0 Å². The summed E-state index contributed by atoms with van der Waals surface area (Å²) in [6, 6.07) is 6.36. The molecule has 6 heteroatoms. The summed E-state index contributed by atoms with van der Waals surface area (Å²) >= 11 is 0. The Labute approximate surface area is 183 Å². The lowest BCUT2D eigenvalue weighted by atomic mass is 9.74. The van der Waals surface area contributed by atoms with E-state index in [1.54, 1.807) is 6.07 Å². The first kappa shape index (κ1) is 22.4. The molecule has 170 valence electrons. The summed E-state index contributed by atoms with van der Waals surface area (Å²) in [5, 5.41) is 2.64. The van der Waals surface area contributed by atoms with Crippen LogP contribution >= 0.6 is 0 Å². The predicted molar refractivity (Wildman–Crippen MR) is 117 cm³/mol. The fourth-order valence-electron chi connectivity index (χ4n) is 5.80. The van der Waals surface area contributed by atoms with Crippen LogP contribution in [0.2, 0.25) is 0 Å². The number of hydrogen-bond acceptors (Lipinski definition) is 3. The van der Waals surface area contributed by atoms with E-state index in [9.17, 15) is 18.4 Å². The zero-order valence-electron chi connectivity index (χ0n) is 18.8. The van der Waals surface area contributed by atoms with Crippen LogP contribution in [0.1, 0.15) is 64.9 Å². The van der Waals surface area contributed by atoms with Crippen molar-refractivity contribution in [2.24, 2.45) is 23.2 Å². The summed E-state index contributed by atoms with van der Waals surface area (Å²) in [6.07, 6.45) is 5.44. The Balaban J connectivity index is 1.21. The van der Waals surface area contributed by atoms with Gasteiger partial charge in [-0.3, -0.25) is 14.5 Å². The molecular formula is C25H34F2N2O2. The van der Waals surface area contributed by atoms with Crippen molar-refractivity contribution in [2.45, 2.75) is 71.3 Å². The zero-order chi connectivity index (χ0) is 22.4. The molecule has 1 aliphatic heterocycles. The van der Waals surface area contributed by atoms with Crippen molar-refractivity contribution in [1.82, 2.24) is 4.90 Å². The van der Waals surface area contributed by atoms with E-state index >= 15 is 0 Å².